The maximum Gasteiger partial charge on any atom is 0.256 e. The lowest BCUT2D eigenvalue weighted by Gasteiger charge is -2.35. The Morgan fingerprint density at radius 2 is 1.93 bits per heavy atom. The Hall–Kier alpha value is -3.47. The number of nitrogens with zero attached hydrogens (tertiary/aromatic N) is 5. The number of aromatic nitrogens is 3. The highest BCUT2D eigenvalue weighted by molar-refractivity contribution is 6.08. The number of hydrogen-bond acceptors (Lipinski definition) is 5. The molecule has 0 spiro atoms. The zero-order chi connectivity index (χ0) is 19.8. The van der Waals surface area contributed by atoms with Gasteiger partial charge in [-0.2, -0.15) is 5.26 Å². The van der Waals surface area contributed by atoms with Crippen molar-refractivity contribution in [3.8, 4) is 6.07 Å². The maximum absolute atomic E-state index is 13.7. The van der Waals surface area contributed by atoms with Crippen LogP contribution in [-0.2, 0) is 0 Å². The summed E-state index contributed by atoms with van der Waals surface area (Å²) in [5.41, 5.74) is 3.06. The molecule has 4 rings (SSSR count). The first-order valence-electron chi connectivity index (χ1n) is 9.04. The van der Waals surface area contributed by atoms with Crippen LogP contribution >= 0.6 is 0 Å². The Labute approximate surface area is 161 Å². The van der Waals surface area contributed by atoms with E-state index < -0.39 is 0 Å². The van der Waals surface area contributed by atoms with Crippen LogP contribution in [0.15, 0.2) is 24.3 Å². The molecule has 3 heterocycles. The number of hydrogen-bond donors (Lipinski definition) is 1. The van der Waals surface area contributed by atoms with Crippen molar-refractivity contribution in [2.24, 2.45) is 0 Å². The summed E-state index contributed by atoms with van der Waals surface area (Å²) in [7, 11) is 0. The number of carbonyl (C=O) groups excluding carboxylic acids is 1. The molecule has 1 fully saturated rings. The molecule has 1 N–H and O–H groups in total. The van der Waals surface area contributed by atoms with E-state index >= 15 is 0 Å². The van der Waals surface area contributed by atoms with Gasteiger partial charge in [-0.1, -0.05) is 0 Å². The zero-order valence-corrected chi connectivity index (χ0v) is 15.7. The molecule has 0 aliphatic carbocycles. The summed E-state index contributed by atoms with van der Waals surface area (Å²) in [5, 5.41) is 9.70. The van der Waals surface area contributed by atoms with Crippen LogP contribution < -0.4 is 4.90 Å². The van der Waals surface area contributed by atoms with Crippen molar-refractivity contribution in [2.75, 3.05) is 31.1 Å². The maximum atomic E-state index is 13.7. The van der Waals surface area contributed by atoms with Crippen molar-refractivity contribution in [3.63, 3.8) is 0 Å². The van der Waals surface area contributed by atoms with Gasteiger partial charge in [-0.3, -0.25) is 4.79 Å². The predicted octanol–water partition coefficient (Wildman–Crippen LogP) is 2.55. The Kier molecular flexibility index (Phi) is 4.43. The van der Waals surface area contributed by atoms with Crippen LogP contribution in [-0.4, -0.2) is 51.9 Å². The number of rotatable bonds is 2. The van der Waals surface area contributed by atoms with Crippen LogP contribution in [0.3, 0.4) is 0 Å². The predicted molar refractivity (Wildman–Crippen MR) is 103 cm³/mol. The Morgan fingerprint density at radius 3 is 2.64 bits per heavy atom. The van der Waals surface area contributed by atoms with E-state index in [0.717, 1.165) is 16.9 Å². The lowest BCUT2D eigenvalue weighted by atomic mass is 10.1. The van der Waals surface area contributed by atoms with Crippen LogP contribution in [0.5, 0.6) is 0 Å². The largest absolute Gasteiger partial charge is 0.358 e. The topological polar surface area (TPSA) is 88.9 Å². The SMILES string of the molecule is Cc1cc(C#N)nc(N2CCN(C(=O)c3c(C)[nH]c4ccc(F)cc34)CC2)n1. The minimum absolute atomic E-state index is 0.114. The van der Waals surface area contributed by atoms with Crippen molar-refractivity contribution < 1.29 is 9.18 Å². The van der Waals surface area contributed by atoms with Gasteiger partial charge < -0.3 is 14.8 Å². The second kappa shape index (κ2) is 6.93. The molecular weight excluding hydrogens is 359 g/mol. The minimum atomic E-state index is -0.365. The van der Waals surface area contributed by atoms with Gasteiger partial charge in [-0.05, 0) is 38.1 Å². The number of anilines is 1. The van der Waals surface area contributed by atoms with E-state index in [2.05, 4.69) is 15.0 Å². The number of H-pyrrole nitrogens is 1. The normalized spacial score (nSPS) is 14.4. The Balaban J connectivity index is 1.54. The molecule has 1 amide bonds. The summed E-state index contributed by atoms with van der Waals surface area (Å²) < 4.78 is 13.7. The van der Waals surface area contributed by atoms with Gasteiger partial charge in [-0.15, -0.1) is 0 Å². The number of benzene rings is 1. The van der Waals surface area contributed by atoms with E-state index in [9.17, 15) is 9.18 Å². The average Bonchev–Trinajstić information content (AvgIpc) is 3.02. The highest BCUT2D eigenvalue weighted by Gasteiger charge is 2.27. The number of piperazine rings is 1. The molecular formula is C20H19FN6O. The fourth-order valence-corrected chi connectivity index (χ4v) is 3.59. The highest BCUT2D eigenvalue weighted by atomic mass is 19.1. The van der Waals surface area contributed by atoms with E-state index in [-0.39, 0.29) is 11.7 Å². The molecule has 0 bridgehead atoms. The van der Waals surface area contributed by atoms with Gasteiger partial charge >= 0.3 is 0 Å². The van der Waals surface area contributed by atoms with Crippen molar-refractivity contribution in [1.82, 2.24) is 19.9 Å². The first-order valence-corrected chi connectivity index (χ1v) is 9.04. The van der Waals surface area contributed by atoms with Crippen molar-refractivity contribution in [2.45, 2.75) is 13.8 Å². The number of fused-ring (bicyclic) bond motifs is 1. The molecule has 0 atom stereocenters. The van der Waals surface area contributed by atoms with Crippen molar-refractivity contribution in [3.05, 3.63) is 52.7 Å². The van der Waals surface area contributed by atoms with Gasteiger partial charge in [0.1, 0.15) is 17.6 Å². The number of carbonyl (C=O) groups is 1. The average molecular weight is 378 g/mol. The number of aromatic amines is 1. The van der Waals surface area contributed by atoms with E-state index in [1.54, 1.807) is 17.0 Å². The molecule has 1 aliphatic heterocycles. The van der Waals surface area contributed by atoms with Gasteiger partial charge in [0.15, 0.2) is 0 Å². The van der Waals surface area contributed by atoms with Gasteiger partial charge in [0.2, 0.25) is 5.95 Å². The molecule has 1 aliphatic rings. The van der Waals surface area contributed by atoms with E-state index in [4.69, 9.17) is 5.26 Å². The number of amides is 1. The fourth-order valence-electron chi connectivity index (χ4n) is 3.59. The molecule has 3 aromatic rings. The molecule has 7 nitrogen and oxygen atoms in total. The molecule has 2 aromatic heterocycles. The monoisotopic (exact) mass is 378 g/mol. The number of nitriles is 1. The first-order chi connectivity index (χ1) is 13.5. The number of nitrogens with one attached hydrogen (secondary N) is 1. The number of halogens is 1. The Bertz CT molecular complexity index is 1110. The van der Waals surface area contributed by atoms with Crippen LogP contribution in [0.4, 0.5) is 10.3 Å². The quantitative estimate of drug-likeness (QED) is 0.740. The third-order valence-electron chi connectivity index (χ3n) is 4.97. The molecule has 142 valence electrons. The summed E-state index contributed by atoms with van der Waals surface area (Å²) in [4.78, 5) is 28.6. The molecule has 1 aromatic carbocycles. The van der Waals surface area contributed by atoms with E-state index in [0.29, 0.717) is 48.8 Å². The second-order valence-electron chi connectivity index (χ2n) is 6.90. The molecule has 28 heavy (non-hydrogen) atoms. The smallest absolute Gasteiger partial charge is 0.256 e. The summed E-state index contributed by atoms with van der Waals surface area (Å²) in [6.45, 7) is 5.78. The zero-order valence-electron chi connectivity index (χ0n) is 15.7. The third kappa shape index (κ3) is 3.16. The van der Waals surface area contributed by atoms with Gasteiger partial charge in [-0.25, -0.2) is 14.4 Å². The summed E-state index contributed by atoms with van der Waals surface area (Å²) in [6.07, 6.45) is 0. The summed E-state index contributed by atoms with van der Waals surface area (Å²) in [5.74, 6) is 0.0288. The minimum Gasteiger partial charge on any atom is -0.358 e. The van der Waals surface area contributed by atoms with E-state index in [1.165, 1.54) is 12.1 Å². The van der Waals surface area contributed by atoms with Gasteiger partial charge in [0.05, 0.1) is 5.56 Å². The molecule has 0 saturated carbocycles. The van der Waals surface area contributed by atoms with Gasteiger partial charge in [0, 0.05) is 48.5 Å². The molecule has 1 saturated heterocycles. The van der Waals surface area contributed by atoms with Crippen LogP contribution in [0.25, 0.3) is 10.9 Å². The Morgan fingerprint density at radius 1 is 1.18 bits per heavy atom. The van der Waals surface area contributed by atoms with Crippen molar-refractivity contribution >= 4 is 22.8 Å². The molecule has 0 unspecified atom stereocenters. The first kappa shape index (κ1) is 17.9. The fraction of sp³-hybridized carbons (Fsp3) is 0.300. The second-order valence-corrected chi connectivity index (χ2v) is 6.90. The lowest BCUT2D eigenvalue weighted by molar-refractivity contribution is 0.0747. The van der Waals surface area contributed by atoms with Crippen molar-refractivity contribution in [1.29, 1.82) is 5.26 Å². The standard InChI is InChI=1S/C20H19FN6O/c1-12-9-15(11-22)25-20(23-12)27-7-5-26(6-8-27)19(28)18-13(2)24-17-4-3-14(21)10-16(17)18/h3-4,9-10,24H,5-8H2,1-2H3. The lowest BCUT2D eigenvalue weighted by Crippen LogP contribution is -2.49. The van der Waals surface area contributed by atoms with E-state index in [1.807, 2.05) is 24.8 Å². The number of aryl methyl sites for hydroxylation is 2. The summed E-state index contributed by atoms with van der Waals surface area (Å²) in [6, 6.07) is 8.11. The van der Waals surface area contributed by atoms with Gasteiger partial charge in [0.25, 0.3) is 5.91 Å². The molecule has 8 heteroatoms. The van der Waals surface area contributed by atoms with Crippen LogP contribution in [0, 0.1) is 31.0 Å². The molecule has 0 radical (unpaired) electrons. The van der Waals surface area contributed by atoms with Crippen LogP contribution in [0.1, 0.15) is 27.4 Å². The third-order valence-corrected chi connectivity index (χ3v) is 4.97. The highest BCUT2D eigenvalue weighted by Crippen LogP contribution is 2.25. The van der Waals surface area contributed by atoms with Crippen LogP contribution in [0.2, 0.25) is 0 Å². The summed E-state index contributed by atoms with van der Waals surface area (Å²) >= 11 is 0.